The van der Waals surface area contributed by atoms with Crippen molar-refractivity contribution in [1.82, 2.24) is 5.32 Å². The molecule has 1 heterocycles. The van der Waals surface area contributed by atoms with Gasteiger partial charge in [0.25, 0.3) is 6.43 Å². The summed E-state index contributed by atoms with van der Waals surface area (Å²) in [5.74, 6) is -1.76. The minimum absolute atomic E-state index is 0.0401. The summed E-state index contributed by atoms with van der Waals surface area (Å²) in [5.41, 5.74) is -1.84. The van der Waals surface area contributed by atoms with E-state index in [9.17, 15) is 31.1 Å². The predicted molar refractivity (Wildman–Crippen MR) is 101 cm³/mol. The Bertz CT molecular complexity index is 1030. The van der Waals surface area contributed by atoms with Gasteiger partial charge in [0.2, 0.25) is 0 Å². The molecule has 0 saturated carbocycles. The Morgan fingerprint density at radius 1 is 1.26 bits per heavy atom. The summed E-state index contributed by atoms with van der Waals surface area (Å²) in [5, 5.41) is 7.08. The third-order valence-electron chi connectivity index (χ3n) is 4.62. The van der Waals surface area contributed by atoms with Gasteiger partial charge in [-0.1, -0.05) is 0 Å². The molecule has 0 fully saturated rings. The van der Waals surface area contributed by atoms with Gasteiger partial charge in [-0.15, -0.1) is 10.6 Å². The molecule has 168 valence electrons. The first-order valence-corrected chi connectivity index (χ1v) is 10.3. The predicted octanol–water partition coefficient (Wildman–Crippen LogP) is 5.42. The third kappa shape index (κ3) is 4.07. The normalized spacial score (nSPS) is 19.7. The van der Waals surface area contributed by atoms with Crippen LogP contribution in [0.2, 0.25) is 0 Å². The second-order valence-electron chi connectivity index (χ2n) is 6.57. The van der Waals surface area contributed by atoms with E-state index in [4.69, 9.17) is 14.7 Å². The van der Waals surface area contributed by atoms with E-state index in [1.165, 1.54) is 7.11 Å². The van der Waals surface area contributed by atoms with Crippen LogP contribution in [0.25, 0.3) is 0 Å². The van der Waals surface area contributed by atoms with E-state index in [1.54, 1.807) is 6.07 Å². The maximum atomic E-state index is 14.8. The van der Waals surface area contributed by atoms with Crippen LogP contribution in [0.5, 0.6) is 11.5 Å². The molecule has 0 spiro atoms. The molecule has 0 radical (unpaired) electrons. The molecule has 1 atom stereocenters. The van der Waals surface area contributed by atoms with Crippen molar-refractivity contribution in [2.45, 2.75) is 22.6 Å². The fraction of sp³-hybridized carbons (Fsp3) is 0.316. The lowest BCUT2D eigenvalue weighted by Crippen LogP contribution is -2.37. The Morgan fingerprint density at radius 3 is 2.58 bits per heavy atom. The highest BCUT2D eigenvalue weighted by molar-refractivity contribution is 8.25. The molecular weight excluding hydrogens is 447 g/mol. The summed E-state index contributed by atoms with van der Waals surface area (Å²) in [4.78, 5) is -0.730. The average molecular weight is 464 g/mol. The lowest BCUT2D eigenvalue weighted by Gasteiger charge is -2.36. The van der Waals surface area contributed by atoms with Crippen LogP contribution in [0.4, 0.5) is 22.0 Å². The van der Waals surface area contributed by atoms with Gasteiger partial charge in [0, 0.05) is 25.3 Å². The Hall–Kier alpha value is -2.43. The summed E-state index contributed by atoms with van der Waals surface area (Å²) in [6.45, 7) is -0.226. The van der Waals surface area contributed by atoms with Gasteiger partial charge in [-0.3, -0.25) is 9.11 Å². The molecule has 0 aliphatic carbocycles. The molecule has 2 aromatic carbocycles. The summed E-state index contributed by atoms with van der Waals surface area (Å²) >= 11 is 0. The van der Waals surface area contributed by atoms with Crippen LogP contribution in [0.15, 0.2) is 35.2 Å². The monoisotopic (exact) mass is 464 g/mol. The number of nitriles is 1. The summed E-state index contributed by atoms with van der Waals surface area (Å²) in [7, 11) is -3.46. The van der Waals surface area contributed by atoms with Gasteiger partial charge in [-0.05, 0) is 24.3 Å². The van der Waals surface area contributed by atoms with E-state index in [1.807, 2.05) is 0 Å². The largest absolute Gasteiger partial charge is 0.457 e. The average Bonchev–Trinajstić information content (AvgIpc) is 2.84. The fourth-order valence-corrected chi connectivity index (χ4v) is 4.89. The summed E-state index contributed by atoms with van der Waals surface area (Å²) in [6, 6.07) is 4.08. The zero-order valence-electron chi connectivity index (χ0n) is 15.9. The van der Waals surface area contributed by atoms with Crippen molar-refractivity contribution in [1.29, 1.82) is 5.26 Å². The first-order valence-electron chi connectivity index (χ1n) is 8.76. The quantitative estimate of drug-likeness (QED) is 0.374. The molecule has 12 heteroatoms. The molecule has 1 aliphatic rings. The molecule has 31 heavy (non-hydrogen) atoms. The highest BCUT2D eigenvalue weighted by atomic mass is 32.3. The molecule has 6 nitrogen and oxygen atoms in total. The fourth-order valence-electron chi connectivity index (χ4n) is 3.27. The lowest BCUT2D eigenvalue weighted by atomic mass is 9.99. The van der Waals surface area contributed by atoms with Crippen LogP contribution in [-0.4, -0.2) is 34.6 Å². The Kier molecular flexibility index (Phi) is 6.45. The molecule has 0 bridgehead atoms. The number of nitrogens with zero attached hydrogens (tertiary/aromatic N) is 1. The highest BCUT2D eigenvalue weighted by Crippen LogP contribution is 2.73. The maximum absolute atomic E-state index is 14.8. The van der Waals surface area contributed by atoms with E-state index in [0.29, 0.717) is 0 Å². The number of hydrogen-bond acceptors (Lipinski definition) is 6. The minimum atomic E-state index is -4.76. The van der Waals surface area contributed by atoms with Crippen LogP contribution < -0.4 is 10.1 Å². The smallest absolute Gasteiger partial charge is 0.360 e. The van der Waals surface area contributed by atoms with Crippen LogP contribution in [0, 0.1) is 17.1 Å². The number of halogens is 5. The Labute approximate surface area is 175 Å². The van der Waals surface area contributed by atoms with E-state index in [0.717, 1.165) is 30.3 Å². The van der Waals surface area contributed by atoms with Crippen LogP contribution in [0.1, 0.15) is 29.2 Å². The number of methoxy groups -OCH3 is 1. The Balaban J connectivity index is 2.15. The third-order valence-corrected chi connectivity index (χ3v) is 6.58. The van der Waals surface area contributed by atoms with E-state index in [2.05, 4.69) is 5.32 Å². The highest BCUT2D eigenvalue weighted by Gasteiger charge is 2.61. The number of fused-ring (bicyclic) bond motifs is 1. The number of benzene rings is 2. The molecule has 0 amide bonds. The molecule has 1 aliphatic heterocycles. The van der Waals surface area contributed by atoms with Crippen molar-refractivity contribution in [3.8, 4) is 17.6 Å². The molecule has 3 N–H and O–H groups in total. The van der Waals surface area contributed by atoms with Gasteiger partial charge in [0.1, 0.15) is 23.4 Å². The summed E-state index contributed by atoms with van der Waals surface area (Å²) < 4.78 is 102. The van der Waals surface area contributed by atoms with E-state index >= 15 is 0 Å². The molecule has 0 saturated heterocycles. The van der Waals surface area contributed by atoms with E-state index < -0.39 is 55.9 Å². The zero-order valence-corrected chi connectivity index (χ0v) is 16.7. The van der Waals surface area contributed by atoms with Gasteiger partial charge >= 0.3 is 5.25 Å². The van der Waals surface area contributed by atoms with Crippen molar-refractivity contribution >= 4 is 10.6 Å². The second kappa shape index (κ2) is 8.60. The first kappa shape index (κ1) is 23.2. The molecule has 3 rings (SSSR count). The second-order valence-corrected chi connectivity index (χ2v) is 8.65. The molecule has 2 aromatic rings. The molecular formula is C19H17F5N2O4S. The number of ether oxygens (including phenoxy) is 2. The van der Waals surface area contributed by atoms with E-state index in [-0.39, 0.29) is 24.5 Å². The summed E-state index contributed by atoms with van der Waals surface area (Å²) in [6.07, 6.45) is -3.34. The molecule has 0 aromatic heterocycles. The zero-order chi connectivity index (χ0) is 23.0. The van der Waals surface area contributed by atoms with Gasteiger partial charge in [-0.25, -0.2) is 13.2 Å². The Morgan fingerprint density at radius 2 is 1.97 bits per heavy atom. The van der Waals surface area contributed by atoms with Crippen LogP contribution in [0.3, 0.4) is 0 Å². The van der Waals surface area contributed by atoms with Crippen LogP contribution >= 0.6 is 10.6 Å². The topological polar surface area (TPSA) is 94.7 Å². The van der Waals surface area contributed by atoms with Crippen molar-refractivity contribution in [3.05, 3.63) is 52.8 Å². The number of alkyl halides is 4. The number of hydrogen-bond donors (Lipinski definition) is 3. The van der Waals surface area contributed by atoms with Crippen molar-refractivity contribution in [3.63, 3.8) is 0 Å². The van der Waals surface area contributed by atoms with Crippen LogP contribution in [-0.2, 0) is 4.74 Å². The van der Waals surface area contributed by atoms with Gasteiger partial charge < -0.3 is 14.8 Å². The van der Waals surface area contributed by atoms with Crippen molar-refractivity contribution in [2.24, 2.45) is 0 Å². The number of rotatable bonds is 7. The number of nitrogens with one attached hydrogen (secondary N) is 1. The molecule has 1 unspecified atom stereocenters. The SMILES string of the molecule is COCCNC1c2c(ccc(Oc3cc(F)cc(C#N)c3)c2C(F)F)S(O)(O)C1(F)F. The van der Waals surface area contributed by atoms with Gasteiger partial charge in [-0.2, -0.15) is 14.0 Å². The van der Waals surface area contributed by atoms with Gasteiger partial charge in [0.15, 0.2) is 0 Å². The van der Waals surface area contributed by atoms with Crippen molar-refractivity contribution in [2.75, 3.05) is 20.3 Å². The standard InChI is InChI=1S/C19H17F5N2O4S/c1-29-5-4-26-17-16-14(31(27,28)19(17,23)24)3-2-13(15(16)18(21)22)30-12-7-10(9-25)6-11(20)8-12/h2-3,6-8,17-18,26-28H,4-5H2,1H3. The lowest BCUT2D eigenvalue weighted by molar-refractivity contribution is 0.0386. The minimum Gasteiger partial charge on any atom is -0.457 e. The first-order chi connectivity index (χ1) is 14.5. The maximum Gasteiger partial charge on any atom is 0.360 e. The van der Waals surface area contributed by atoms with Gasteiger partial charge in [0.05, 0.1) is 28.7 Å². The van der Waals surface area contributed by atoms with Crippen molar-refractivity contribution < 1.29 is 40.5 Å².